The number of pyridine rings is 2. The van der Waals surface area contributed by atoms with Crippen LogP contribution in [0, 0.1) is 0 Å². The zero-order valence-corrected chi connectivity index (χ0v) is 77.6. The number of carbonyl (C=O) groups is 10. The Morgan fingerprint density at radius 2 is 0.520 bits per heavy atom. The summed E-state index contributed by atoms with van der Waals surface area (Å²) < 4.78 is 240. The van der Waals surface area contributed by atoms with Gasteiger partial charge >= 0.3 is 36.6 Å². The number of amides is 8. The Balaban J connectivity index is 0.881. The summed E-state index contributed by atoms with van der Waals surface area (Å²) in [6.45, 7) is 2.23. The molecule has 6 unspecified atom stereocenters. The van der Waals surface area contributed by atoms with Gasteiger partial charge in [-0.3, -0.25) is 58.1 Å². The van der Waals surface area contributed by atoms with Gasteiger partial charge in [-0.2, -0.15) is 52.7 Å². The van der Waals surface area contributed by atoms with E-state index in [0.717, 1.165) is 49.1 Å². The highest BCUT2D eigenvalue weighted by atomic mass is 19.4. The molecule has 150 heavy (non-hydrogen) atoms. The van der Waals surface area contributed by atoms with Crippen molar-refractivity contribution in [3.63, 3.8) is 0 Å². The van der Waals surface area contributed by atoms with Gasteiger partial charge in [0.1, 0.15) is 58.1 Å². The Morgan fingerprint density at radius 1 is 0.300 bits per heavy atom. The minimum atomic E-state index is -6.41. The maximum Gasteiger partial charge on any atom is 0.434 e. The van der Waals surface area contributed by atoms with E-state index >= 15 is 81.5 Å². The maximum atomic E-state index is 17.0. The quantitative estimate of drug-likeness (QED) is 0.00727. The third-order valence-electron chi connectivity index (χ3n) is 25.8. The van der Waals surface area contributed by atoms with Crippen molar-refractivity contribution in [3.8, 4) is 90.5 Å². The summed E-state index contributed by atoms with van der Waals surface area (Å²) in [5, 5.41) is 7.89. The van der Waals surface area contributed by atoms with Crippen molar-refractivity contribution < 1.29 is 148 Å². The van der Waals surface area contributed by atoms with E-state index in [1.54, 1.807) is 72.8 Å². The molecule has 0 aliphatic carbocycles. The number of esters is 2. The maximum absolute atomic E-state index is 17.0. The van der Waals surface area contributed by atoms with Crippen LogP contribution in [0.3, 0.4) is 0 Å². The highest BCUT2D eigenvalue weighted by molar-refractivity contribution is 6.45. The molecule has 6 aliphatic heterocycles. The minimum absolute atomic E-state index is 0.0944. The van der Waals surface area contributed by atoms with Crippen LogP contribution in [0.4, 0.5) is 52.7 Å². The van der Waals surface area contributed by atoms with E-state index in [1.165, 1.54) is 146 Å². The number of epoxide rings is 4. The first-order valence-corrected chi connectivity index (χ1v) is 46.7. The first-order chi connectivity index (χ1) is 72.0. The lowest BCUT2D eigenvalue weighted by Gasteiger charge is -2.36. The number of ether oxygens (including phenoxy) is 10. The van der Waals surface area contributed by atoms with Crippen LogP contribution in [-0.4, -0.2) is 205 Å². The zero-order chi connectivity index (χ0) is 105. The number of fused-ring (bicyclic) bond motifs is 2. The third kappa shape index (κ3) is 20.6. The van der Waals surface area contributed by atoms with Gasteiger partial charge in [0.25, 0.3) is 59.5 Å². The van der Waals surface area contributed by atoms with Gasteiger partial charge in [0.05, 0.1) is 73.1 Å². The van der Waals surface area contributed by atoms with Crippen LogP contribution in [0.5, 0.6) is 46.0 Å². The van der Waals surface area contributed by atoms with Gasteiger partial charge in [-0.05, 0) is 201 Å². The molecule has 4 N–H and O–H groups in total. The molecule has 4 fully saturated rings. The van der Waals surface area contributed by atoms with Crippen LogP contribution >= 0.6 is 0 Å². The Bertz CT molecular complexity index is 7170. The van der Waals surface area contributed by atoms with Crippen molar-refractivity contribution in [3.05, 3.63) is 323 Å². The molecule has 760 valence electrons. The smallest absolute Gasteiger partial charge is 0.434 e. The average Bonchev–Trinajstić information content (AvgIpc) is 1.64. The van der Waals surface area contributed by atoms with Crippen LogP contribution in [0.2, 0.25) is 0 Å². The van der Waals surface area contributed by atoms with E-state index in [1.807, 2.05) is 0 Å². The lowest BCUT2D eigenvalue weighted by Crippen LogP contribution is -2.55. The summed E-state index contributed by atoms with van der Waals surface area (Å²) in [5.74, 6) is -16.8. The Morgan fingerprint density at radius 3 is 0.740 bits per heavy atom. The molecule has 21 rings (SSSR count). The lowest BCUT2D eigenvalue weighted by molar-refractivity contribution is -0.314. The van der Waals surface area contributed by atoms with E-state index in [0.29, 0.717) is 70.9 Å². The van der Waals surface area contributed by atoms with E-state index < -0.39 is 188 Å². The van der Waals surface area contributed by atoms with E-state index in [9.17, 15) is 19.2 Å². The van der Waals surface area contributed by atoms with Crippen molar-refractivity contribution in [1.82, 2.24) is 41.0 Å². The molecule has 4 saturated heterocycles. The van der Waals surface area contributed by atoms with Crippen molar-refractivity contribution in [2.75, 3.05) is 52.6 Å². The number of nitrogens with one attached hydrogen (secondary N) is 4. The van der Waals surface area contributed by atoms with Gasteiger partial charge in [0.15, 0.2) is 0 Å². The average molecular weight is 2060 g/mol. The molecule has 6 atom stereocenters. The minimum Gasteiger partial charge on any atom is -0.457 e. The SMILES string of the molecule is O=C(NCC1CO1)c1cccc(-c2cccc(Oc3cc4c5c(cc(Oc6cccc(-c7cccc(C(=O)NCC8CO8)c7)c6)c6c7c(Oc8cccc(-c9cccc(C(=O)NCC%10CO%10)c9)c8)cc8c9c(cc(Oc%10cccc(-c%11cccc(C(=O)NCC%12CO%12)c%11)c%10)c(c3c56)c97)C(=O)N(C(Cc3ccncc3)C(=O)OC(C(F)(F)F)C(F)(F)F)C8=O)C(=O)N(C(Cc3ccncc3)C(=O)OC(C(F)(F)F)C(F)(F)F)C4=O)c2)c1. The molecule has 0 radical (unpaired) electrons. The molecule has 8 heterocycles. The first kappa shape index (κ1) is 98.8. The van der Waals surface area contributed by atoms with Crippen LogP contribution in [0.15, 0.2) is 267 Å². The molecule has 6 aliphatic rings. The van der Waals surface area contributed by atoms with E-state index in [-0.39, 0.29) is 138 Å². The van der Waals surface area contributed by atoms with Crippen LogP contribution in [0.25, 0.3) is 87.6 Å². The Labute approximate surface area is 839 Å². The van der Waals surface area contributed by atoms with Gasteiger partial charge in [0, 0.05) is 129 Å². The predicted octanol–water partition coefficient (Wildman–Crippen LogP) is 19.4. The standard InChI is InChI=1S/C110H76F12N8O20/c111-107(112,113)105(108(114,115)116)149-103(139)81(33-55-25-29-123-30-26-55)129-99(135)77-43-83(145-69-21-5-13-61(39-69)57-9-1-17-65(35-57)95(131)125-47-73-51-141-73)89-90-84(146-70-22-6-14-62(40-70)58-10-2-18-66(36-58)96(132)126-48-74-52-142-74)44-79-88-80(102(138)130(101(79)137)82(34-56-27-31-124-32-28-56)104(140)150-106(109(117,118)119)110(120,121)122)46-86(148-72-24-8-16-64(42-72)60-12-4-20-68(38-60)98(134)128-50-76-54-144-76)92(94(88)90)91-85(45-78(100(129)136)87(77)93(89)91)147-71-23-7-15-63(41-71)59-11-3-19-67(37-59)97(133)127-49-75-53-143-75/h1-32,35-46,73-76,81-82,105-106H,33-34,47-54H2,(H,125,131)(H,126,132)(H,127,133)(H,128,134). The number of hydrogen-bond donors (Lipinski definition) is 4. The summed E-state index contributed by atoms with van der Waals surface area (Å²) in [6, 6.07) is 51.9. The second-order valence-corrected chi connectivity index (χ2v) is 36.1. The number of halogens is 12. The summed E-state index contributed by atoms with van der Waals surface area (Å²) in [5.41, 5.74) is -0.0847. The van der Waals surface area contributed by atoms with Crippen LogP contribution < -0.4 is 40.2 Å². The molecule has 8 amide bonds. The Kier molecular flexibility index (Phi) is 26.0. The zero-order valence-electron chi connectivity index (χ0n) is 77.6. The van der Waals surface area contributed by atoms with E-state index in [2.05, 4.69) is 40.7 Å². The Hall–Kier alpha value is -17.2. The van der Waals surface area contributed by atoms with E-state index in [4.69, 9.17) is 37.9 Å². The fraction of sp³-hybridized carbons (Fsp3) is 0.200. The first-order valence-electron chi connectivity index (χ1n) is 46.7. The number of hydrogen-bond acceptors (Lipinski definition) is 22. The van der Waals surface area contributed by atoms with Gasteiger partial charge in [0.2, 0.25) is 0 Å². The monoisotopic (exact) mass is 2060 g/mol. The van der Waals surface area contributed by atoms with Crippen molar-refractivity contribution >= 4 is 102 Å². The molecular formula is C110H76F12N8O20. The normalized spacial score (nSPS) is 16.6. The summed E-state index contributed by atoms with van der Waals surface area (Å²) in [6.07, 6.45) is -34.1. The predicted molar refractivity (Wildman–Crippen MR) is 512 cm³/mol. The fourth-order valence-corrected chi connectivity index (χ4v) is 18.3. The molecular weight excluding hydrogens is 1980 g/mol. The number of imide groups is 2. The van der Waals surface area contributed by atoms with Gasteiger partial charge in [-0.1, -0.05) is 97.1 Å². The van der Waals surface area contributed by atoms with Crippen LogP contribution in [0.1, 0.15) is 94.0 Å². The second-order valence-electron chi connectivity index (χ2n) is 36.1. The molecule has 2 aromatic heterocycles. The topological polar surface area (TPSA) is 357 Å². The highest BCUT2D eigenvalue weighted by Crippen LogP contribution is 2.59. The number of carbonyl (C=O) groups excluding carboxylic acids is 10. The number of rotatable bonds is 34. The molecule has 0 saturated carbocycles. The third-order valence-corrected chi connectivity index (χ3v) is 25.8. The van der Waals surface area contributed by atoms with Crippen molar-refractivity contribution in [2.24, 2.45) is 0 Å². The molecule has 0 bridgehead atoms. The lowest BCUT2D eigenvalue weighted by atomic mass is 9.80. The molecule has 0 spiro atoms. The van der Waals surface area contributed by atoms with Crippen molar-refractivity contribution in [2.45, 2.75) is 86.3 Å². The number of benzene rings is 13. The number of aromatic nitrogens is 2. The molecule has 13 aromatic carbocycles. The second kappa shape index (κ2) is 39.5. The molecule has 15 aromatic rings. The van der Waals surface area contributed by atoms with Crippen molar-refractivity contribution in [1.29, 1.82) is 0 Å². The van der Waals surface area contributed by atoms with Gasteiger partial charge in [-0.15, -0.1) is 0 Å². The summed E-state index contributed by atoms with van der Waals surface area (Å²) in [4.78, 5) is 162. The summed E-state index contributed by atoms with van der Waals surface area (Å²) in [7, 11) is 0. The molecule has 40 heteroatoms. The molecule has 28 nitrogen and oxygen atoms in total. The number of alkyl halides is 12. The van der Waals surface area contributed by atoms with Gasteiger partial charge in [-0.25, -0.2) is 9.59 Å². The largest absolute Gasteiger partial charge is 0.457 e. The number of nitrogens with zero attached hydrogens (tertiary/aromatic N) is 4. The fourth-order valence-electron chi connectivity index (χ4n) is 18.3. The van der Waals surface area contributed by atoms with Gasteiger partial charge < -0.3 is 68.6 Å². The van der Waals surface area contributed by atoms with Crippen LogP contribution in [-0.2, 0) is 50.9 Å². The highest BCUT2D eigenvalue weighted by Gasteiger charge is 2.63. The summed E-state index contributed by atoms with van der Waals surface area (Å²) >= 11 is 0.